The van der Waals surface area contributed by atoms with Crippen LogP contribution in [0.5, 0.6) is 0 Å². The van der Waals surface area contributed by atoms with Crippen molar-refractivity contribution in [1.29, 1.82) is 0 Å². The molecule has 1 unspecified atom stereocenters. The Morgan fingerprint density at radius 3 is 2.00 bits per heavy atom. The first-order valence-corrected chi connectivity index (χ1v) is 8.58. The molecule has 0 aromatic heterocycles. The van der Waals surface area contributed by atoms with Gasteiger partial charge in [-0.05, 0) is 42.7 Å². The summed E-state index contributed by atoms with van der Waals surface area (Å²) in [7, 11) is 0. The van der Waals surface area contributed by atoms with E-state index in [0.29, 0.717) is 17.0 Å². The Balaban J connectivity index is 1.69. The van der Waals surface area contributed by atoms with Crippen molar-refractivity contribution in [2.45, 2.75) is 25.9 Å². The van der Waals surface area contributed by atoms with Crippen molar-refractivity contribution >= 4 is 17.8 Å². The molecule has 0 N–H and O–H groups in total. The van der Waals surface area contributed by atoms with E-state index in [1.54, 1.807) is 19.1 Å². The molecule has 0 saturated carbocycles. The molecule has 0 fully saturated rings. The Morgan fingerprint density at radius 1 is 1.00 bits per heavy atom. The molecule has 146 valence electrons. The van der Waals surface area contributed by atoms with Crippen molar-refractivity contribution in [3.8, 4) is 0 Å². The predicted octanol–water partition coefficient (Wildman–Crippen LogP) is 4.03. The van der Waals surface area contributed by atoms with Gasteiger partial charge >= 0.3 is 12.1 Å². The average Bonchev–Trinajstić information content (AvgIpc) is 2.91. The van der Waals surface area contributed by atoms with Crippen LogP contribution in [0.4, 0.5) is 13.2 Å². The number of amides is 2. The summed E-state index contributed by atoms with van der Waals surface area (Å²) in [5, 5.41) is 0.433. The van der Waals surface area contributed by atoms with Crippen molar-refractivity contribution < 1.29 is 32.4 Å². The Kier molecular flexibility index (Phi) is 5.22. The fourth-order valence-corrected chi connectivity index (χ4v) is 2.92. The van der Waals surface area contributed by atoms with E-state index in [-0.39, 0.29) is 17.5 Å². The molecule has 0 bridgehead atoms. The summed E-state index contributed by atoms with van der Waals surface area (Å²) in [4.78, 5) is 42.0. The third-order valence-corrected chi connectivity index (χ3v) is 4.53. The highest BCUT2D eigenvalue weighted by Gasteiger charge is 2.39. The molecular weight excluding hydrogens is 375 g/mol. The number of fused-ring (bicyclic) bond motifs is 1. The molecule has 1 aliphatic rings. The average molecular weight is 391 g/mol. The number of hydroxylamine groups is 2. The highest BCUT2D eigenvalue weighted by atomic mass is 19.4. The van der Waals surface area contributed by atoms with Crippen LogP contribution in [0.1, 0.15) is 45.2 Å². The van der Waals surface area contributed by atoms with Crippen LogP contribution >= 0.6 is 0 Å². The molecule has 3 rings (SSSR count). The first kappa shape index (κ1) is 19.6. The lowest BCUT2D eigenvalue weighted by molar-refractivity contribution is -0.173. The maximum absolute atomic E-state index is 12.6. The van der Waals surface area contributed by atoms with E-state index in [2.05, 4.69) is 0 Å². The minimum atomic E-state index is -4.44. The van der Waals surface area contributed by atoms with Gasteiger partial charge in [0.25, 0.3) is 11.8 Å². The van der Waals surface area contributed by atoms with Gasteiger partial charge in [0.05, 0.1) is 22.6 Å². The molecule has 0 saturated heterocycles. The number of nitrogens with zero attached hydrogens (tertiary/aromatic N) is 1. The number of hydrogen-bond donors (Lipinski definition) is 0. The zero-order valence-electron chi connectivity index (χ0n) is 14.8. The Bertz CT molecular complexity index is 887. The van der Waals surface area contributed by atoms with Gasteiger partial charge in [-0.2, -0.15) is 13.2 Å². The van der Waals surface area contributed by atoms with Crippen LogP contribution in [-0.2, 0) is 22.2 Å². The number of benzene rings is 2. The second-order valence-corrected chi connectivity index (χ2v) is 6.36. The summed E-state index contributed by atoms with van der Waals surface area (Å²) < 4.78 is 37.9. The molecule has 5 nitrogen and oxygen atoms in total. The van der Waals surface area contributed by atoms with E-state index in [1.165, 1.54) is 24.3 Å². The second kappa shape index (κ2) is 7.46. The standard InChI is InChI=1S/C20H16F3NO4/c1-2-13(11-12-7-9-14(10-8-12)20(21,22)23)19(27)28-24-17(25)15-5-3-4-6-16(15)18(24)26/h3-10,13H,2,11H2,1H3. The van der Waals surface area contributed by atoms with E-state index >= 15 is 0 Å². The lowest BCUT2D eigenvalue weighted by Gasteiger charge is -2.18. The lowest BCUT2D eigenvalue weighted by atomic mass is 9.96. The highest BCUT2D eigenvalue weighted by Crippen LogP contribution is 2.30. The van der Waals surface area contributed by atoms with Crippen LogP contribution < -0.4 is 0 Å². The number of carbonyl (C=O) groups excluding carboxylic acids is 3. The molecule has 2 aromatic rings. The Labute approximate surface area is 158 Å². The third kappa shape index (κ3) is 3.76. The van der Waals surface area contributed by atoms with Crippen LogP contribution in [0.25, 0.3) is 0 Å². The van der Waals surface area contributed by atoms with E-state index < -0.39 is 35.4 Å². The summed E-state index contributed by atoms with van der Waals surface area (Å²) in [5.41, 5.74) is 0.0317. The number of carbonyl (C=O) groups is 3. The molecule has 8 heteroatoms. The minimum Gasteiger partial charge on any atom is -0.329 e. The summed E-state index contributed by atoms with van der Waals surface area (Å²) in [6, 6.07) is 10.6. The van der Waals surface area contributed by atoms with E-state index in [4.69, 9.17) is 4.84 Å². The van der Waals surface area contributed by atoms with Crippen molar-refractivity contribution in [1.82, 2.24) is 5.06 Å². The van der Waals surface area contributed by atoms with Gasteiger partial charge in [0.15, 0.2) is 0 Å². The van der Waals surface area contributed by atoms with Crippen molar-refractivity contribution in [3.63, 3.8) is 0 Å². The molecule has 1 heterocycles. The third-order valence-electron chi connectivity index (χ3n) is 4.53. The lowest BCUT2D eigenvalue weighted by Crippen LogP contribution is -2.35. The first-order valence-electron chi connectivity index (χ1n) is 8.58. The molecule has 2 aromatic carbocycles. The van der Waals surface area contributed by atoms with Gasteiger partial charge in [-0.1, -0.05) is 36.3 Å². The molecular formula is C20H16F3NO4. The van der Waals surface area contributed by atoms with E-state index in [1.807, 2.05) is 0 Å². The molecule has 1 aliphatic heterocycles. The SMILES string of the molecule is CCC(Cc1ccc(C(F)(F)F)cc1)C(=O)ON1C(=O)c2ccccc2C1=O. The number of halogens is 3. The fraction of sp³-hybridized carbons (Fsp3) is 0.250. The zero-order chi connectivity index (χ0) is 20.5. The monoisotopic (exact) mass is 391 g/mol. The van der Waals surface area contributed by atoms with Gasteiger partial charge in [0.2, 0.25) is 0 Å². The number of hydrogen-bond acceptors (Lipinski definition) is 4. The number of imide groups is 1. The number of alkyl halides is 3. The van der Waals surface area contributed by atoms with E-state index in [0.717, 1.165) is 12.1 Å². The van der Waals surface area contributed by atoms with Gasteiger partial charge in [0, 0.05) is 0 Å². The maximum Gasteiger partial charge on any atom is 0.416 e. The maximum atomic E-state index is 12.6. The smallest absolute Gasteiger partial charge is 0.329 e. The predicted molar refractivity (Wildman–Crippen MR) is 92.0 cm³/mol. The summed E-state index contributed by atoms with van der Waals surface area (Å²) >= 11 is 0. The van der Waals surface area contributed by atoms with E-state index in [9.17, 15) is 27.6 Å². The molecule has 2 amide bonds. The molecule has 0 spiro atoms. The summed E-state index contributed by atoms with van der Waals surface area (Å²) in [5.74, 6) is -2.96. The molecule has 1 atom stereocenters. The van der Waals surface area contributed by atoms with Gasteiger partial charge in [0.1, 0.15) is 0 Å². The normalized spacial score (nSPS) is 14.8. The highest BCUT2D eigenvalue weighted by molar-refractivity contribution is 6.20. The van der Waals surface area contributed by atoms with Crippen LogP contribution in [0.15, 0.2) is 48.5 Å². The van der Waals surface area contributed by atoms with Crippen molar-refractivity contribution in [3.05, 3.63) is 70.8 Å². The largest absolute Gasteiger partial charge is 0.416 e. The number of rotatable bonds is 5. The minimum absolute atomic E-state index is 0.122. The summed E-state index contributed by atoms with van der Waals surface area (Å²) in [6.45, 7) is 1.71. The van der Waals surface area contributed by atoms with Gasteiger partial charge in [-0.3, -0.25) is 9.59 Å². The summed E-state index contributed by atoms with van der Waals surface area (Å²) in [6.07, 6.45) is -3.99. The van der Waals surface area contributed by atoms with Crippen LogP contribution in [0, 0.1) is 5.92 Å². The Morgan fingerprint density at radius 2 is 1.54 bits per heavy atom. The molecule has 0 radical (unpaired) electrons. The second-order valence-electron chi connectivity index (χ2n) is 6.36. The first-order chi connectivity index (χ1) is 13.2. The van der Waals surface area contributed by atoms with Crippen LogP contribution in [-0.4, -0.2) is 22.8 Å². The van der Waals surface area contributed by atoms with Crippen molar-refractivity contribution in [2.75, 3.05) is 0 Å². The molecule has 28 heavy (non-hydrogen) atoms. The zero-order valence-corrected chi connectivity index (χ0v) is 14.8. The topological polar surface area (TPSA) is 63.7 Å². The van der Waals surface area contributed by atoms with Gasteiger partial charge in [-0.15, -0.1) is 0 Å². The van der Waals surface area contributed by atoms with Gasteiger partial charge < -0.3 is 4.84 Å². The van der Waals surface area contributed by atoms with Crippen LogP contribution in [0.2, 0.25) is 0 Å². The van der Waals surface area contributed by atoms with Gasteiger partial charge in [-0.25, -0.2) is 4.79 Å². The Hall–Kier alpha value is -3.16. The van der Waals surface area contributed by atoms with Crippen LogP contribution in [0.3, 0.4) is 0 Å². The quantitative estimate of drug-likeness (QED) is 0.722. The van der Waals surface area contributed by atoms with Crippen molar-refractivity contribution in [2.24, 2.45) is 5.92 Å². The molecule has 0 aliphatic carbocycles. The fourth-order valence-electron chi connectivity index (χ4n) is 2.92.